The topological polar surface area (TPSA) is 65.5 Å². The summed E-state index contributed by atoms with van der Waals surface area (Å²) in [5.41, 5.74) is 1.04. The first-order chi connectivity index (χ1) is 10.2. The van der Waals surface area contributed by atoms with Crippen LogP contribution in [0.3, 0.4) is 0 Å². The smallest absolute Gasteiger partial charge is 0.226 e. The summed E-state index contributed by atoms with van der Waals surface area (Å²) in [5, 5.41) is 3.22. The van der Waals surface area contributed by atoms with E-state index in [1.165, 1.54) is 0 Å². The van der Waals surface area contributed by atoms with Gasteiger partial charge in [-0.15, -0.1) is 0 Å². The molecule has 1 N–H and O–H groups in total. The van der Waals surface area contributed by atoms with Crippen molar-refractivity contribution in [1.29, 1.82) is 0 Å². The molecule has 1 aromatic heterocycles. The maximum atomic E-state index is 5.31. The molecule has 0 aliphatic rings. The second kappa shape index (κ2) is 6.78. The highest BCUT2D eigenvalue weighted by atomic mass is 16.5. The van der Waals surface area contributed by atoms with Gasteiger partial charge < -0.3 is 19.5 Å². The molecular formula is C15H19N3O3. The minimum atomic E-state index is 0.0110. The van der Waals surface area contributed by atoms with Gasteiger partial charge in [0.1, 0.15) is 0 Å². The Kier molecular flexibility index (Phi) is 4.81. The Morgan fingerprint density at radius 2 is 1.76 bits per heavy atom. The lowest BCUT2D eigenvalue weighted by atomic mass is 10.1. The maximum absolute atomic E-state index is 5.31. The minimum absolute atomic E-state index is 0.0110. The summed E-state index contributed by atoms with van der Waals surface area (Å²) in [7, 11) is 4.80. The van der Waals surface area contributed by atoms with Crippen LogP contribution in [-0.2, 0) is 0 Å². The van der Waals surface area contributed by atoms with Gasteiger partial charge in [-0.2, -0.15) is 4.98 Å². The molecule has 112 valence electrons. The first-order valence-corrected chi connectivity index (χ1v) is 6.53. The lowest BCUT2D eigenvalue weighted by Gasteiger charge is -2.16. The van der Waals surface area contributed by atoms with Gasteiger partial charge in [-0.1, -0.05) is 6.07 Å². The van der Waals surface area contributed by atoms with Crippen LogP contribution < -0.4 is 19.5 Å². The van der Waals surface area contributed by atoms with Crippen molar-refractivity contribution in [2.45, 2.75) is 13.0 Å². The molecule has 2 aromatic rings. The van der Waals surface area contributed by atoms with Gasteiger partial charge >= 0.3 is 0 Å². The van der Waals surface area contributed by atoms with Crippen LogP contribution in [0, 0.1) is 0 Å². The van der Waals surface area contributed by atoms with E-state index in [-0.39, 0.29) is 6.04 Å². The van der Waals surface area contributed by atoms with E-state index in [2.05, 4.69) is 15.3 Å². The number of hydrogen-bond donors (Lipinski definition) is 1. The monoisotopic (exact) mass is 289 g/mol. The van der Waals surface area contributed by atoms with Gasteiger partial charge in [0.05, 0.1) is 27.4 Å². The Bertz CT molecular complexity index is 604. The molecule has 1 unspecified atom stereocenters. The number of ether oxygens (including phenoxy) is 3. The van der Waals surface area contributed by atoms with Crippen molar-refractivity contribution < 1.29 is 14.2 Å². The number of benzene rings is 1. The Morgan fingerprint density at radius 1 is 1.00 bits per heavy atom. The second-order valence-electron chi connectivity index (χ2n) is 4.40. The van der Waals surface area contributed by atoms with Gasteiger partial charge in [-0.05, 0) is 24.6 Å². The molecule has 1 atom stereocenters. The van der Waals surface area contributed by atoms with Crippen molar-refractivity contribution in [3.05, 3.63) is 36.0 Å². The van der Waals surface area contributed by atoms with Crippen molar-refractivity contribution in [3.63, 3.8) is 0 Å². The number of anilines is 1. The predicted octanol–water partition coefficient (Wildman–Crippen LogP) is 2.68. The number of nitrogens with one attached hydrogen (secondary N) is 1. The third-order valence-corrected chi connectivity index (χ3v) is 3.09. The zero-order chi connectivity index (χ0) is 15.2. The van der Waals surface area contributed by atoms with Crippen molar-refractivity contribution in [2.24, 2.45) is 0 Å². The third kappa shape index (κ3) is 3.53. The molecule has 0 amide bonds. The van der Waals surface area contributed by atoms with Gasteiger partial charge in [0.25, 0.3) is 0 Å². The molecule has 1 heterocycles. The van der Waals surface area contributed by atoms with Crippen LogP contribution in [0.5, 0.6) is 17.4 Å². The normalized spacial score (nSPS) is 11.6. The number of nitrogens with zero attached hydrogens (tertiary/aromatic N) is 2. The highest BCUT2D eigenvalue weighted by Gasteiger charge is 2.11. The lowest BCUT2D eigenvalue weighted by molar-refractivity contribution is 0.354. The van der Waals surface area contributed by atoms with Crippen LogP contribution in [-0.4, -0.2) is 31.3 Å². The molecule has 0 fully saturated rings. The van der Waals surface area contributed by atoms with Crippen LogP contribution in [0.2, 0.25) is 0 Å². The van der Waals surface area contributed by atoms with Crippen molar-refractivity contribution in [1.82, 2.24) is 9.97 Å². The number of aromatic nitrogens is 2. The SMILES string of the molecule is COc1ccnc(NC(C)c2ccc(OC)c(OC)c2)n1. The molecular weight excluding hydrogens is 270 g/mol. The highest BCUT2D eigenvalue weighted by Crippen LogP contribution is 2.30. The van der Waals surface area contributed by atoms with Crippen molar-refractivity contribution in [2.75, 3.05) is 26.6 Å². The summed E-state index contributed by atoms with van der Waals surface area (Å²) in [6.07, 6.45) is 1.65. The molecule has 0 saturated carbocycles. The highest BCUT2D eigenvalue weighted by molar-refractivity contribution is 5.45. The van der Waals surface area contributed by atoms with E-state index >= 15 is 0 Å². The molecule has 2 rings (SSSR count). The zero-order valence-corrected chi connectivity index (χ0v) is 12.6. The van der Waals surface area contributed by atoms with Gasteiger partial charge in [0.2, 0.25) is 11.8 Å². The molecule has 0 radical (unpaired) electrons. The zero-order valence-electron chi connectivity index (χ0n) is 12.6. The summed E-state index contributed by atoms with van der Waals surface area (Å²) in [6, 6.07) is 7.48. The third-order valence-electron chi connectivity index (χ3n) is 3.09. The molecule has 6 heteroatoms. The quantitative estimate of drug-likeness (QED) is 0.882. The molecule has 0 aliphatic carbocycles. The summed E-state index contributed by atoms with van der Waals surface area (Å²) >= 11 is 0. The van der Waals surface area contributed by atoms with Crippen molar-refractivity contribution in [3.8, 4) is 17.4 Å². The van der Waals surface area contributed by atoms with Gasteiger partial charge in [-0.3, -0.25) is 0 Å². The van der Waals surface area contributed by atoms with E-state index < -0.39 is 0 Å². The van der Waals surface area contributed by atoms with E-state index in [1.807, 2.05) is 25.1 Å². The molecule has 0 saturated heterocycles. The predicted molar refractivity (Wildman–Crippen MR) is 80.2 cm³/mol. The van der Waals surface area contributed by atoms with E-state index in [9.17, 15) is 0 Å². The summed E-state index contributed by atoms with van der Waals surface area (Å²) in [4.78, 5) is 8.40. The fourth-order valence-corrected chi connectivity index (χ4v) is 1.92. The molecule has 0 aliphatic heterocycles. The fraction of sp³-hybridized carbons (Fsp3) is 0.333. The number of methoxy groups -OCH3 is 3. The fourth-order valence-electron chi connectivity index (χ4n) is 1.92. The molecule has 0 bridgehead atoms. The number of rotatable bonds is 6. The Labute approximate surface area is 124 Å². The van der Waals surface area contributed by atoms with Crippen LogP contribution in [0.4, 0.5) is 5.95 Å². The first kappa shape index (κ1) is 14.9. The average molecular weight is 289 g/mol. The van der Waals surface area contributed by atoms with Crippen LogP contribution in [0.1, 0.15) is 18.5 Å². The first-order valence-electron chi connectivity index (χ1n) is 6.53. The maximum Gasteiger partial charge on any atom is 0.226 e. The Morgan fingerprint density at radius 3 is 2.43 bits per heavy atom. The van der Waals surface area contributed by atoms with E-state index in [0.717, 1.165) is 5.56 Å². The van der Waals surface area contributed by atoms with E-state index in [0.29, 0.717) is 23.3 Å². The van der Waals surface area contributed by atoms with Gasteiger partial charge in [0.15, 0.2) is 11.5 Å². The average Bonchev–Trinajstić information content (AvgIpc) is 2.54. The Hall–Kier alpha value is -2.50. The van der Waals surface area contributed by atoms with Crippen LogP contribution >= 0.6 is 0 Å². The summed E-state index contributed by atoms with van der Waals surface area (Å²) < 4.78 is 15.6. The molecule has 21 heavy (non-hydrogen) atoms. The van der Waals surface area contributed by atoms with Crippen LogP contribution in [0.25, 0.3) is 0 Å². The second-order valence-corrected chi connectivity index (χ2v) is 4.40. The lowest BCUT2D eigenvalue weighted by Crippen LogP contribution is -2.10. The van der Waals surface area contributed by atoms with E-state index in [4.69, 9.17) is 14.2 Å². The van der Waals surface area contributed by atoms with Gasteiger partial charge in [-0.25, -0.2) is 4.98 Å². The standard InChI is InChI=1S/C15H19N3O3/c1-10(17-15-16-8-7-14(18-15)21-4)11-5-6-12(19-2)13(9-11)20-3/h5-10H,1-4H3,(H,16,17,18). The number of hydrogen-bond acceptors (Lipinski definition) is 6. The Balaban J connectivity index is 2.17. The minimum Gasteiger partial charge on any atom is -0.493 e. The van der Waals surface area contributed by atoms with E-state index in [1.54, 1.807) is 33.6 Å². The van der Waals surface area contributed by atoms with Crippen molar-refractivity contribution >= 4 is 5.95 Å². The largest absolute Gasteiger partial charge is 0.493 e. The molecule has 6 nitrogen and oxygen atoms in total. The summed E-state index contributed by atoms with van der Waals surface area (Å²) in [6.45, 7) is 2.02. The van der Waals surface area contributed by atoms with Gasteiger partial charge in [0, 0.05) is 12.3 Å². The summed E-state index contributed by atoms with van der Waals surface area (Å²) in [5.74, 6) is 2.42. The molecule has 0 spiro atoms. The molecule has 1 aromatic carbocycles. The van der Waals surface area contributed by atoms with Crippen LogP contribution in [0.15, 0.2) is 30.5 Å².